The summed E-state index contributed by atoms with van der Waals surface area (Å²) in [6.07, 6.45) is 13.2. The maximum absolute atomic E-state index is 11.8. The van der Waals surface area contributed by atoms with Crippen LogP contribution in [0.15, 0.2) is 24.3 Å². The Labute approximate surface area is 196 Å². The normalized spacial score (nSPS) is 25.7. The van der Waals surface area contributed by atoms with E-state index >= 15 is 0 Å². The van der Waals surface area contributed by atoms with Crippen LogP contribution in [0.1, 0.15) is 98.3 Å². The molecule has 0 N–H and O–H groups in total. The van der Waals surface area contributed by atoms with Crippen LogP contribution in [0.5, 0.6) is 0 Å². The van der Waals surface area contributed by atoms with Crippen molar-refractivity contribution in [1.82, 2.24) is 0 Å². The monoisotopic (exact) mass is 446 g/mol. The van der Waals surface area contributed by atoms with Crippen LogP contribution >= 0.6 is 0 Å². The van der Waals surface area contributed by atoms with Gasteiger partial charge in [-0.2, -0.15) is 0 Å². The van der Waals surface area contributed by atoms with Crippen LogP contribution in [0.4, 0.5) is 0 Å². The van der Waals surface area contributed by atoms with Crippen LogP contribution in [0.25, 0.3) is 0 Å². The minimum atomic E-state index is -0.319. The minimum Gasteiger partial charge on any atom is -0.462 e. The standard InChI is InChI=1S/C28H46O4/c1-7-8-23-9-10-25(19-22(23)6)24-11-13-28(14-12-24,15-17-31-26(29)20(2)3)16-18-32-27(30)21(4)5/h22-25H,2,4,7-19H2,1,3,5-6H3. The summed E-state index contributed by atoms with van der Waals surface area (Å²) in [6, 6.07) is 0. The van der Waals surface area contributed by atoms with Crippen LogP contribution < -0.4 is 0 Å². The van der Waals surface area contributed by atoms with E-state index in [0.717, 1.165) is 49.4 Å². The van der Waals surface area contributed by atoms with E-state index in [9.17, 15) is 9.59 Å². The fraction of sp³-hybridized carbons (Fsp3) is 0.786. The lowest BCUT2D eigenvalue weighted by Gasteiger charge is -2.45. The van der Waals surface area contributed by atoms with E-state index in [-0.39, 0.29) is 17.4 Å². The quantitative estimate of drug-likeness (QED) is 0.252. The molecule has 2 rings (SSSR count). The molecule has 0 saturated heterocycles. The molecule has 0 bridgehead atoms. The molecule has 0 aliphatic heterocycles. The van der Waals surface area contributed by atoms with Crippen molar-refractivity contribution in [3.8, 4) is 0 Å². The van der Waals surface area contributed by atoms with Gasteiger partial charge in [0, 0.05) is 11.1 Å². The van der Waals surface area contributed by atoms with E-state index in [0.29, 0.717) is 24.4 Å². The molecule has 0 radical (unpaired) electrons. The van der Waals surface area contributed by atoms with Gasteiger partial charge in [-0.25, -0.2) is 9.59 Å². The average molecular weight is 447 g/mol. The van der Waals surface area contributed by atoms with Gasteiger partial charge in [0.2, 0.25) is 0 Å². The molecule has 2 aliphatic carbocycles. The molecule has 0 heterocycles. The lowest BCUT2D eigenvalue weighted by atomic mass is 9.61. The zero-order chi connectivity index (χ0) is 23.7. The maximum atomic E-state index is 11.8. The zero-order valence-electron chi connectivity index (χ0n) is 21.0. The summed E-state index contributed by atoms with van der Waals surface area (Å²) in [6.45, 7) is 16.3. The lowest BCUT2D eigenvalue weighted by molar-refractivity contribution is -0.140. The van der Waals surface area contributed by atoms with E-state index in [2.05, 4.69) is 27.0 Å². The second kappa shape index (κ2) is 12.6. The van der Waals surface area contributed by atoms with Crippen molar-refractivity contribution in [2.24, 2.45) is 29.1 Å². The first-order valence-electron chi connectivity index (χ1n) is 12.8. The van der Waals surface area contributed by atoms with Gasteiger partial charge in [-0.3, -0.25) is 0 Å². The molecule has 2 fully saturated rings. The first-order chi connectivity index (χ1) is 15.2. The molecule has 3 atom stereocenters. The second-order valence-electron chi connectivity index (χ2n) is 10.8. The summed E-state index contributed by atoms with van der Waals surface area (Å²) in [4.78, 5) is 23.7. The number of ether oxygens (including phenoxy) is 2. The number of hydrogen-bond acceptors (Lipinski definition) is 4. The molecule has 4 heteroatoms. The molecule has 0 aromatic rings. The van der Waals surface area contributed by atoms with Gasteiger partial charge in [0.15, 0.2) is 0 Å². The topological polar surface area (TPSA) is 52.6 Å². The molecule has 2 aliphatic rings. The van der Waals surface area contributed by atoms with Gasteiger partial charge in [-0.05, 0) is 101 Å². The first-order valence-corrected chi connectivity index (χ1v) is 12.8. The fourth-order valence-corrected chi connectivity index (χ4v) is 6.04. The number of carbonyl (C=O) groups is 2. The highest BCUT2D eigenvalue weighted by molar-refractivity contribution is 5.87. The molecule has 0 aromatic heterocycles. The van der Waals surface area contributed by atoms with Gasteiger partial charge in [0.25, 0.3) is 0 Å². The number of carbonyl (C=O) groups excluding carboxylic acids is 2. The van der Waals surface area contributed by atoms with E-state index in [1.165, 1.54) is 44.9 Å². The van der Waals surface area contributed by atoms with Gasteiger partial charge in [0.05, 0.1) is 13.2 Å². The highest BCUT2D eigenvalue weighted by Crippen LogP contribution is 2.50. The van der Waals surface area contributed by atoms with E-state index in [4.69, 9.17) is 9.47 Å². The summed E-state index contributed by atoms with van der Waals surface area (Å²) in [5, 5.41) is 0. The molecule has 0 spiro atoms. The second-order valence-corrected chi connectivity index (χ2v) is 10.8. The molecule has 32 heavy (non-hydrogen) atoms. The fourth-order valence-electron chi connectivity index (χ4n) is 6.04. The Morgan fingerprint density at radius 3 is 1.84 bits per heavy atom. The lowest BCUT2D eigenvalue weighted by Crippen LogP contribution is -2.35. The van der Waals surface area contributed by atoms with Gasteiger partial charge < -0.3 is 9.47 Å². The summed E-state index contributed by atoms with van der Waals surface area (Å²) >= 11 is 0. The summed E-state index contributed by atoms with van der Waals surface area (Å²) < 4.78 is 10.9. The first kappa shape index (κ1) is 26.7. The Bertz CT molecular complexity index is 622. The smallest absolute Gasteiger partial charge is 0.333 e. The average Bonchev–Trinajstić information content (AvgIpc) is 2.75. The molecule has 0 amide bonds. The van der Waals surface area contributed by atoms with E-state index < -0.39 is 0 Å². The van der Waals surface area contributed by atoms with Crippen molar-refractivity contribution in [1.29, 1.82) is 0 Å². The predicted molar refractivity (Wildman–Crippen MR) is 130 cm³/mol. The van der Waals surface area contributed by atoms with Crippen molar-refractivity contribution in [2.45, 2.75) is 98.3 Å². The van der Waals surface area contributed by atoms with Crippen LogP contribution in [-0.2, 0) is 19.1 Å². The largest absolute Gasteiger partial charge is 0.462 e. The third-order valence-electron chi connectivity index (χ3n) is 8.23. The van der Waals surface area contributed by atoms with E-state index in [1.807, 2.05) is 0 Å². The third kappa shape index (κ3) is 7.78. The van der Waals surface area contributed by atoms with Gasteiger partial charge in [-0.15, -0.1) is 0 Å². The maximum Gasteiger partial charge on any atom is 0.333 e. The minimum absolute atomic E-state index is 0.0756. The van der Waals surface area contributed by atoms with Gasteiger partial charge >= 0.3 is 11.9 Å². The van der Waals surface area contributed by atoms with Crippen molar-refractivity contribution in [3.63, 3.8) is 0 Å². The Balaban J connectivity index is 1.92. The Morgan fingerprint density at radius 1 is 0.875 bits per heavy atom. The number of hydrogen-bond donors (Lipinski definition) is 0. The van der Waals surface area contributed by atoms with Crippen LogP contribution in [0.3, 0.4) is 0 Å². The predicted octanol–water partition coefficient (Wildman–Crippen LogP) is 7.03. The van der Waals surface area contributed by atoms with Crippen molar-refractivity contribution >= 4 is 11.9 Å². The summed E-state index contributed by atoms with van der Waals surface area (Å²) in [5.41, 5.74) is 0.948. The van der Waals surface area contributed by atoms with Crippen LogP contribution in [0.2, 0.25) is 0 Å². The Morgan fingerprint density at radius 2 is 1.41 bits per heavy atom. The number of esters is 2. The highest BCUT2D eigenvalue weighted by Gasteiger charge is 2.39. The van der Waals surface area contributed by atoms with E-state index in [1.54, 1.807) is 13.8 Å². The van der Waals surface area contributed by atoms with Crippen LogP contribution in [0, 0.1) is 29.1 Å². The van der Waals surface area contributed by atoms with Crippen molar-refractivity contribution in [2.75, 3.05) is 13.2 Å². The highest BCUT2D eigenvalue weighted by atomic mass is 16.5. The Kier molecular flexibility index (Phi) is 10.5. The molecule has 3 unspecified atom stereocenters. The molecular weight excluding hydrogens is 400 g/mol. The summed E-state index contributed by atoms with van der Waals surface area (Å²) in [7, 11) is 0. The SMILES string of the molecule is C=C(C)C(=O)OCCC1(CCOC(=O)C(=C)C)CCC(C2CCC(CCC)C(C)C2)CC1. The molecule has 182 valence electrons. The third-order valence-corrected chi connectivity index (χ3v) is 8.23. The molecule has 4 nitrogen and oxygen atoms in total. The Hall–Kier alpha value is -1.58. The van der Waals surface area contributed by atoms with Crippen molar-refractivity contribution < 1.29 is 19.1 Å². The molecule has 2 saturated carbocycles. The zero-order valence-corrected chi connectivity index (χ0v) is 21.0. The van der Waals surface area contributed by atoms with Gasteiger partial charge in [0.1, 0.15) is 0 Å². The molecule has 0 aromatic carbocycles. The van der Waals surface area contributed by atoms with Crippen LogP contribution in [-0.4, -0.2) is 25.2 Å². The summed E-state index contributed by atoms with van der Waals surface area (Å²) in [5.74, 6) is 2.80. The van der Waals surface area contributed by atoms with Crippen molar-refractivity contribution in [3.05, 3.63) is 24.3 Å². The number of rotatable bonds is 11. The molecular formula is C28H46O4. The van der Waals surface area contributed by atoms with Gasteiger partial charge in [-0.1, -0.05) is 39.8 Å².